The van der Waals surface area contributed by atoms with E-state index in [9.17, 15) is 4.79 Å². The van der Waals surface area contributed by atoms with Gasteiger partial charge < -0.3 is 10.5 Å². The molecule has 0 fully saturated rings. The molecule has 0 aliphatic carbocycles. The van der Waals surface area contributed by atoms with E-state index in [0.29, 0.717) is 0 Å². The van der Waals surface area contributed by atoms with Crippen LogP contribution in [0.25, 0.3) is 0 Å². The zero-order valence-electron chi connectivity index (χ0n) is 8.74. The Morgan fingerprint density at radius 2 is 2.07 bits per heavy atom. The second-order valence-corrected chi connectivity index (χ2v) is 4.36. The molecule has 2 N–H and O–H groups in total. The molecule has 0 saturated carbocycles. The highest BCUT2D eigenvalue weighted by Crippen LogP contribution is 2.16. The topological polar surface area (TPSA) is 78.1 Å². The van der Waals surface area contributed by atoms with E-state index in [-0.39, 0.29) is 16.5 Å². The Labute approximate surface area is 92.6 Å². The van der Waals surface area contributed by atoms with E-state index in [1.165, 1.54) is 6.07 Å². The zero-order valence-corrected chi connectivity index (χ0v) is 9.50. The summed E-state index contributed by atoms with van der Waals surface area (Å²) in [5.74, 6) is -0.607. The van der Waals surface area contributed by atoms with Crippen LogP contribution in [0.15, 0.2) is 6.07 Å². The molecule has 0 bridgehead atoms. The number of hydrogen-bond donors (Lipinski definition) is 1. The molecule has 0 aromatic carbocycles. The standard InChI is InChI=1S/C9H12ClN3O2/c1-9(2,3)15-8(14)7-5(11)4-6(10)12-13-7/h4H,1-3H3,(H2,11,12). The summed E-state index contributed by atoms with van der Waals surface area (Å²) in [6, 6.07) is 1.35. The number of carbonyl (C=O) groups excluding carboxylic acids is 1. The van der Waals surface area contributed by atoms with Gasteiger partial charge in [-0.05, 0) is 20.8 Å². The predicted molar refractivity (Wildman–Crippen MR) is 56.6 cm³/mol. The smallest absolute Gasteiger partial charge is 0.361 e. The van der Waals surface area contributed by atoms with Crippen LogP contribution in [0, 0.1) is 0 Å². The lowest BCUT2D eigenvalue weighted by Gasteiger charge is -2.19. The summed E-state index contributed by atoms with van der Waals surface area (Å²) in [7, 11) is 0. The van der Waals surface area contributed by atoms with Gasteiger partial charge in [0.05, 0.1) is 5.69 Å². The monoisotopic (exact) mass is 229 g/mol. The molecule has 0 aliphatic rings. The molecule has 82 valence electrons. The number of nitrogen functional groups attached to an aromatic ring is 1. The van der Waals surface area contributed by atoms with Gasteiger partial charge in [0.2, 0.25) is 0 Å². The fraction of sp³-hybridized carbons (Fsp3) is 0.444. The van der Waals surface area contributed by atoms with Crippen molar-refractivity contribution < 1.29 is 9.53 Å². The molecule has 0 saturated heterocycles. The van der Waals surface area contributed by atoms with Crippen LogP contribution in [0.5, 0.6) is 0 Å². The van der Waals surface area contributed by atoms with E-state index in [0.717, 1.165) is 0 Å². The van der Waals surface area contributed by atoms with Crippen molar-refractivity contribution in [1.82, 2.24) is 10.2 Å². The third-order valence-electron chi connectivity index (χ3n) is 1.39. The molecule has 5 nitrogen and oxygen atoms in total. The van der Waals surface area contributed by atoms with Gasteiger partial charge in [-0.25, -0.2) is 4.79 Å². The summed E-state index contributed by atoms with van der Waals surface area (Å²) in [5, 5.41) is 7.24. The van der Waals surface area contributed by atoms with Crippen molar-refractivity contribution in [3.63, 3.8) is 0 Å². The first-order valence-electron chi connectivity index (χ1n) is 4.31. The molecular weight excluding hydrogens is 218 g/mol. The normalized spacial score (nSPS) is 11.2. The molecule has 0 aliphatic heterocycles. The van der Waals surface area contributed by atoms with Gasteiger partial charge in [-0.2, -0.15) is 0 Å². The highest BCUT2D eigenvalue weighted by molar-refractivity contribution is 6.29. The first-order chi connectivity index (χ1) is 6.79. The van der Waals surface area contributed by atoms with Crippen molar-refractivity contribution in [2.24, 2.45) is 0 Å². The molecule has 15 heavy (non-hydrogen) atoms. The van der Waals surface area contributed by atoms with Crippen LogP contribution in [0.3, 0.4) is 0 Å². The summed E-state index contributed by atoms with van der Waals surface area (Å²) in [6.45, 7) is 5.26. The van der Waals surface area contributed by atoms with Crippen molar-refractivity contribution >= 4 is 23.3 Å². The molecule has 0 atom stereocenters. The highest BCUT2D eigenvalue weighted by Gasteiger charge is 2.21. The summed E-state index contributed by atoms with van der Waals surface area (Å²) >= 11 is 5.55. The van der Waals surface area contributed by atoms with Crippen LogP contribution in [0.2, 0.25) is 5.15 Å². The number of halogens is 1. The lowest BCUT2D eigenvalue weighted by molar-refractivity contribution is 0.00630. The summed E-state index contributed by atoms with van der Waals surface area (Å²) < 4.78 is 5.08. The summed E-state index contributed by atoms with van der Waals surface area (Å²) in [6.07, 6.45) is 0. The first-order valence-corrected chi connectivity index (χ1v) is 4.69. The van der Waals surface area contributed by atoms with Crippen molar-refractivity contribution in [3.8, 4) is 0 Å². The van der Waals surface area contributed by atoms with Gasteiger partial charge in [0.25, 0.3) is 0 Å². The van der Waals surface area contributed by atoms with E-state index in [2.05, 4.69) is 10.2 Å². The second kappa shape index (κ2) is 4.02. The number of esters is 1. The number of ether oxygens (including phenoxy) is 1. The van der Waals surface area contributed by atoms with Crippen LogP contribution in [-0.2, 0) is 4.74 Å². The van der Waals surface area contributed by atoms with Crippen LogP contribution in [0.1, 0.15) is 31.3 Å². The SMILES string of the molecule is CC(C)(C)OC(=O)c1nnc(Cl)cc1N. The predicted octanol–water partition coefficient (Wildman–Crippen LogP) is 1.67. The number of aromatic nitrogens is 2. The van der Waals surface area contributed by atoms with Crippen LogP contribution >= 0.6 is 11.6 Å². The van der Waals surface area contributed by atoms with E-state index in [4.69, 9.17) is 22.1 Å². The number of carbonyl (C=O) groups is 1. The highest BCUT2D eigenvalue weighted by atomic mass is 35.5. The van der Waals surface area contributed by atoms with E-state index in [1.807, 2.05) is 0 Å². The third kappa shape index (κ3) is 3.36. The molecule has 1 heterocycles. The van der Waals surface area contributed by atoms with Crippen molar-refractivity contribution in [3.05, 3.63) is 16.9 Å². The first kappa shape index (κ1) is 11.7. The van der Waals surface area contributed by atoms with E-state index < -0.39 is 11.6 Å². The summed E-state index contributed by atoms with van der Waals surface area (Å²) in [4.78, 5) is 11.5. The molecule has 0 radical (unpaired) electrons. The van der Waals surface area contributed by atoms with Gasteiger partial charge in [0.1, 0.15) is 5.60 Å². The van der Waals surface area contributed by atoms with Gasteiger partial charge in [0, 0.05) is 6.07 Å². The average molecular weight is 230 g/mol. The van der Waals surface area contributed by atoms with Crippen molar-refractivity contribution in [2.45, 2.75) is 26.4 Å². The Morgan fingerprint density at radius 3 is 2.53 bits per heavy atom. The van der Waals surface area contributed by atoms with Gasteiger partial charge in [-0.15, -0.1) is 10.2 Å². The minimum atomic E-state index is -0.607. The second-order valence-electron chi connectivity index (χ2n) is 3.97. The Morgan fingerprint density at radius 1 is 1.47 bits per heavy atom. The number of hydrogen-bond acceptors (Lipinski definition) is 5. The van der Waals surface area contributed by atoms with Crippen LogP contribution in [0.4, 0.5) is 5.69 Å². The quantitative estimate of drug-likeness (QED) is 0.741. The Kier molecular flexibility index (Phi) is 3.14. The minimum absolute atomic E-state index is 0.0191. The minimum Gasteiger partial charge on any atom is -0.455 e. The number of nitrogens with zero attached hydrogens (tertiary/aromatic N) is 2. The molecule has 6 heteroatoms. The van der Waals surface area contributed by atoms with Gasteiger partial charge in [0.15, 0.2) is 10.8 Å². The average Bonchev–Trinajstić information content (AvgIpc) is 1.99. The number of nitrogens with two attached hydrogens (primary N) is 1. The maximum absolute atomic E-state index is 11.5. The van der Waals surface area contributed by atoms with Crippen molar-refractivity contribution in [2.75, 3.05) is 5.73 Å². The zero-order chi connectivity index (χ0) is 11.6. The van der Waals surface area contributed by atoms with Gasteiger partial charge >= 0.3 is 5.97 Å². The molecule has 0 unspecified atom stereocenters. The number of rotatable bonds is 1. The van der Waals surface area contributed by atoms with E-state index in [1.54, 1.807) is 20.8 Å². The maximum Gasteiger partial charge on any atom is 0.361 e. The third-order valence-corrected chi connectivity index (χ3v) is 1.57. The molecule has 1 rings (SSSR count). The Balaban J connectivity index is 2.92. The van der Waals surface area contributed by atoms with E-state index >= 15 is 0 Å². The lowest BCUT2D eigenvalue weighted by Crippen LogP contribution is -2.25. The van der Waals surface area contributed by atoms with Crippen molar-refractivity contribution in [1.29, 1.82) is 0 Å². The molecule has 0 spiro atoms. The summed E-state index contributed by atoms with van der Waals surface area (Å²) in [5.41, 5.74) is 5.10. The fourth-order valence-electron chi connectivity index (χ4n) is 0.866. The fourth-order valence-corrected chi connectivity index (χ4v) is 1.02. The maximum atomic E-state index is 11.5. The molecular formula is C9H12ClN3O2. The largest absolute Gasteiger partial charge is 0.455 e. The Hall–Kier alpha value is -1.36. The molecule has 1 aromatic heterocycles. The van der Waals surface area contributed by atoms with Gasteiger partial charge in [-0.3, -0.25) is 0 Å². The lowest BCUT2D eigenvalue weighted by atomic mass is 10.2. The Bertz CT molecular complexity index is 387. The number of anilines is 1. The molecule has 0 amide bonds. The van der Waals surface area contributed by atoms with Gasteiger partial charge in [-0.1, -0.05) is 11.6 Å². The van der Waals surface area contributed by atoms with Crippen LogP contribution in [-0.4, -0.2) is 21.8 Å². The molecule has 1 aromatic rings. The van der Waals surface area contributed by atoms with Crippen LogP contribution < -0.4 is 5.73 Å².